The van der Waals surface area contributed by atoms with E-state index in [-0.39, 0.29) is 5.91 Å². The van der Waals surface area contributed by atoms with Crippen molar-refractivity contribution in [2.45, 2.75) is 19.8 Å². The fourth-order valence-electron chi connectivity index (χ4n) is 2.96. The molecule has 19 heavy (non-hydrogen) atoms. The van der Waals surface area contributed by atoms with Gasteiger partial charge in [-0.15, -0.1) is 0 Å². The average molecular weight is 253 g/mol. The summed E-state index contributed by atoms with van der Waals surface area (Å²) >= 11 is 0. The van der Waals surface area contributed by atoms with Gasteiger partial charge in [-0.1, -0.05) is 43.3 Å². The van der Waals surface area contributed by atoms with Crippen LogP contribution in [0.2, 0.25) is 0 Å². The summed E-state index contributed by atoms with van der Waals surface area (Å²) in [5.74, 6) is 0.802. The number of amides is 1. The molecule has 0 N–H and O–H groups in total. The average Bonchev–Trinajstić information content (AvgIpc) is 2.46. The van der Waals surface area contributed by atoms with Crippen LogP contribution in [0.25, 0.3) is 10.8 Å². The van der Waals surface area contributed by atoms with Crippen LogP contribution < -0.4 is 0 Å². The molecule has 2 aromatic rings. The van der Waals surface area contributed by atoms with Gasteiger partial charge in [0.2, 0.25) is 0 Å². The van der Waals surface area contributed by atoms with Crippen molar-refractivity contribution in [3.05, 3.63) is 48.0 Å². The lowest BCUT2D eigenvalue weighted by molar-refractivity contribution is 0.0685. The van der Waals surface area contributed by atoms with Crippen LogP contribution in [0.4, 0.5) is 0 Å². The van der Waals surface area contributed by atoms with Gasteiger partial charge in [0.15, 0.2) is 0 Å². The topological polar surface area (TPSA) is 20.3 Å². The summed E-state index contributed by atoms with van der Waals surface area (Å²) in [6, 6.07) is 14.1. The van der Waals surface area contributed by atoms with Crippen LogP contribution in [0.3, 0.4) is 0 Å². The Morgan fingerprint density at radius 2 is 1.95 bits per heavy atom. The monoisotopic (exact) mass is 253 g/mol. The molecule has 2 aromatic carbocycles. The van der Waals surface area contributed by atoms with Gasteiger partial charge in [-0.05, 0) is 35.6 Å². The van der Waals surface area contributed by atoms with Crippen LogP contribution in [0.15, 0.2) is 42.5 Å². The number of piperidine rings is 1. The van der Waals surface area contributed by atoms with Gasteiger partial charge in [-0.2, -0.15) is 0 Å². The Labute approximate surface area is 114 Å². The second-order valence-corrected chi connectivity index (χ2v) is 5.53. The molecule has 1 fully saturated rings. The smallest absolute Gasteiger partial charge is 0.254 e. The third kappa shape index (κ3) is 2.35. The quantitative estimate of drug-likeness (QED) is 0.758. The molecule has 1 heterocycles. The summed E-state index contributed by atoms with van der Waals surface area (Å²) in [5, 5.41) is 2.20. The number of likely N-dealkylation sites (tertiary alicyclic amines) is 1. The molecule has 0 bridgehead atoms. The van der Waals surface area contributed by atoms with Crippen molar-refractivity contribution in [3.8, 4) is 0 Å². The fraction of sp³-hybridized carbons (Fsp3) is 0.353. The maximum Gasteiger partial charge on any atom is 0.254 e. The number of carbonyl (C=O) groups excluding carboxylic acids is 1. The van der Waals surface area contributed by atoms with Gasteiger partial charge in [0.05, 0.1) is 0 Å². The van der Waals surface area contributed by atoms with Gasteiger partial charge >= 0.3 is 0 Å². The highest BCUT2D eigenvalue weighted by molar-refractivity contribution is 6.07. The SMILES string of the molecule is CC1CCCN(C(=O)c2cccc3ccccc23)C1. The molecular formula is C17H19NO. The number of rotatable bonds is 1. The normalized spacial score (nSPS) is 19.6. The Balaban J connectivity index is 1.97. The maximum atomic E-state index is 12.7. The van der Waals surface area contributed by atoms with E-state index in [4.69, 9.17) is 0 Å². The second kappa shape index (κ2) is 5.04. The molecule has 98 valence electrons. The van der Waals surface area contributed by atoms with E-state index in [0.717, 1.165) is 35.8 Å². The second-order valence-electron chi connectivity index (χ2n) is 5.53. The van der Waals surface area contributed by atoms with E-state index in [1.54, 1.807) is 0 Å². The number of benzene rings is 2. The summed E-state index contributed by atoms with van der Waals surface area (Å²) in [6.07, 6.45) is 2.36. The number of fused-ring (bicyclic) bond motifs is 1. The Morgan fingerprint density at radius 3 is 2.79 bits per heavy atom. The molecule has 0 spiro atoms. The van der Waals surface area contributed by atoms with Crippen LogP contribution >= 0.6 is 0 Å². The van der Waals surface area contributed by atoms with E-state index < -0.39 is 0 Å². The zero-order chi connectivity index (χ0) is 13.2. The Morgan fingerprint density at radius 1 is 1.16 bits per heavy atom. The minimum absolute atomic E-state index is 0.184. The molecule has 1 aliphatic heterocycles. The summed E-state index contributed by atoms with van der Waals surface area (Å²) in [4.78, 5) is 14.7. The first-order chi connectivity index (χ1) is 9.25. The van der Waals surface area contributed by atoms with E-state index in [1.807, 2.05) is 35.2 Å². The lowest BCUT2D eigenvalue weighted by Crippen LogP contribution is -2.39. The van der Waals surface area contributed by atoms with Gasteiger partial charge in [-0.25, -0.2) is 0 Å². The zero-order valence-corrected chi connectivity index (χ0v) is 11.3. The number of hydrogen-bond donors (Lipinski definition) is 0. The van der Waals surface area contributed by atoms with Gasteiger partial charge in [-0.3, -0.25) is 4.79 Å². The molecule has 1 atom stereocenters. The number of nitrogens with zero attached hydrogens (tertiary/aromatic N) is 1. The minimum atomic E-state index is 0.184. The highest BCUT2D eigenvalue weighted by Gasteiger charge is 2.22. The van der Waals surface area contributed by atoms with Crippen molar-refractivity contribution < 1.29 is 4.79 Å². The Kier molecular flexibility index (Phi) is 3.24. The van der Waals surface area contributed by atoms with Crippen molar-refractivity contribution in [3.63, 3.8) is 0 Å². The molecule has 1 unspecified atom stereocenters. The van der Waals surface area contributed by atoms with Gasteiger partial charge in [0, 0.05) is 18.7 Å². The predicted molar refractivity (Wildman–Crippen MR) is 78.2 cm³/mol. The third-order valence-electron chi connectivity index (χ3n) is 3.96. The Hall–Kier alpha value is -1.83. The van der Waals surface area contributed by atoms with Crippen LogP contribution in [-0.2, 0) is 0 Å². The van der Waals surface area contributed by atoms with Crippen molar-refractivity contribution in [2.24, 2.45) is 5.92 Å². The first-order valence-electron chi connectivity index (χ1n) is 7.03. The van der Waals surface area contributed by atoms with Gasteiger partial charge < -0.3 is 4.90 Å². The first-order valence-corrected chi connectivity index (χ1v) is 7.03. The summed E-state index contributed by atoms with van der Waals surface area (Å²) in [5.41, 5.74) is 0.840. The zero-order valence-electron chi connectivity index (χ0n) is 11.3. The van der Waals surface area contributed by atoms with Crippen LogP contribution in [-0.4, -0.2) is 23.9 Å². The fourth-order valence-corrected chi connectivity index (χ4v) is 2.96. The highest BCUT2D eigenvalue weighted by Crippen LogP contribution is 2.23. The minimum Gasteiger partial charge on any atom is -0.338 e. The molecule has 1 saturated heterocycles. The highest BCUT2D eigenvalue weighted by atomic mass is 16.2. The molecule has 3 rings (SSSR count). The number of carbonyl (C=O) groups is 1. The molecule has 2 nitrogen and oxygen atoms in total. The van der Waals surface area contributed by atoms with Crippen LogP contribution in [0, 0.1) is 5.92 Å². The third-order valence-corrected chi connectivity index (χ3v) is 3.96. The lowest BCUT2D eigenvalue weighted by atomic mass is 9.98. The molecule has 0 saturated carbocycles. The molecule has 1 aliphatic rings. The summed E-state index contributed by atoms with van der Waals surface area (Å²) < 4.78 is 0. The van der Waals surface area contributed by atoms with Crippen molar-refractivity contribution in [1.29, 1.82) is 0 Å². The van der Waals surface area contributed by atoms with E-state index in [2.05, 4.69) is 19.1 Å². The predicted octanol–water partition coefficient (Wildman–Crippen LogP) is 3.71. The molecule has 0 aromatic heterocycles. The van der Waals surface area contributed by atoms with E-state index >= 15 is 0 Å². The van der Waals surface area contributed by atoms with Crippen LogP contribution in [0.1, 0.15) is 30.1 Å². The number of hydrogen-bond acceptors (Lipinski definition) is 1. The molecule has 0 aliphatic carbocycles. The molecular weight excluding hydrogens is 234 g/mol. The molecule has 0 radical (unpaired) electrons. The maximum absolute atomic E-state index is 12.7. The summed E-state index contributed by atoms with van der Waals surface area (Å²) in [7, 11) is 0. The van der Waals surface area contributed by atoms with E-state index in [0.29, 0.717) is 5.92 Å². The van der Waals surface area contributed by atoms with Crippen molar-refractivity contribution in [1.82, 2.24) is 4.90 Å². The summed E-state index contributed by atoms with van der Waals surface area (Å²) in [6.45, 7) is 4.01. The lowest BCUT2D eigenvalue weighted by Gasteiger charge is -2.31. The van der Waals surface area contributed by atoms with Crippen molar-refractivity contribution in [2.75, 3.05) is 13.1 Å². The van der Waals surface area contributed by atoms with Crippen LogP contribution in [0.5, 0.6) is 0 Å². The van der Waals surface area contributed by atoms with Gasteiger partial charge in [0.25, 0.3) is 5.91 Å². The van der Waals surface area contributed by atoms with E-state index in [9.17, 15) is 4.79 Å². The van der Waals surface area contributed by atoms with Crippen molar-refractivity contribution >= 4 is 16.7 Å². The van der Waals surface area contributed by atoms with Gasteiger partial charge in [0.1, 0.15) is 0 Å². The van der Waals surface area contributed by atoms with E-state index in [1.165, 1.54) is 6.42 Å². The first kappa shape index (κ1) is 12.2. The Bertz CT molecular complexity index is 600. The standard InChI is InChI=1S/C17H19NO/c1-13-6-5-11-18(12-13)17(19)16-10-4-8-14-7-2-3-9-15(14)16/h2-4,7-10,13H,5-6,11-12H2,1H3. The largest absolute Gasteiger partial charge is 0.338 e. The molecule has 1 amide bonds. The molecule has 2 heteroatoms.